The number of aromatic carboxylic acids is 1. The van der Waals surface area contributed by atoms with Crippen LogP contribution in [0.15, 0.2) is 73.6 Å². The minimum absolute atomic E-state index is 0.0912. The summed E-state index contributed by atoms with van der Waals surface area (Å²) < 4.78 is 5.80. The van der Waals surface area contributed by atoms with E-state index in [4.69, 9.17) is 10.8 Å². The average Bonchev–Trinajstić information content (AvgIpc) is 4.01. The van der Waals surface area contributed by atoms with E-state index < -0.39 is 5.97 Å². The lowest BCUT2D eigenvalue weighted by Crippen LogP contribution is -2.14. The number of carbonyl (C=O) groups is 2. The van der Waals surface area contributed by atoms with Crippen LogP contribution >= 0.6 is 22.7 Å². The number of nitrogens with zero attached hydrogens (tertiary/aromatic N) is 12. The van der Waals surface area contributed by atoms with E-state index in [1.807, 2.05) is 47.2 Å². The first-order chi connectivity index (χ1) is 28.5. The smallest absolute Gasteiger partial charge is 0.354 e. The summed E-state index contributed by atoms with van der Waals surface area (Å²) in [6.45, 7) is 8.24. The van der Waals surface area contributed by atoms with Crippen molar-refractivity contribution in [1.82, 2.24) is 59.4 Å². The van der Waals surface area contributed by atoms with Crippen LogP contribution in [0.5, 0.6) is 0 Å². The summed E-state index contributed by atoms with van der Waals surface area (Å²) in [4.78, 5) is 49.4. The van der Waals surface area contributed by atoms with Gasteiger partial charge in [0.15, 0.2) is 11.6 Å². The Morgan fingerprint density at radius 2 is 1.24 bits per heavy atom. The fraction of sp³-hybridized carbons (Fsp3) is 0.300. The van der Waals surface area contributed by atoms with Crippen LogP contribution in [-0.2, 0) is 0 Å². The van der Waals surface area contributed by atoms with Crippen molar-refractivity contribution >= 4 is 66.6 Å². The zero-order chi connectivity index (χ0) is 41.2. The number of carbonyl (C=O) groups excluding carboxylic acids is 1. The molecule has 0 radical (unpaired) electrons. The van der Waals surface area contributed by atoms with Crippen molar-refractivity contribution in [2.75, 3.05) is 11.1 Å². The van der Waals surface area contributed by atoms with Crippen molar-refractivity contribution in [3.05, 3.63) is 95.0 Å². The maximum absolute atomic E-state index is 12.7. The lowest BCUT2D eigenvalue weighted by Gasteiger charge is -2.10. The first kappa shape index (κ1) is 39.2. The molecule has 0 saturated heterocycles. The second-order valence-electron chi connectivity index (χ2n) is 14.7. The molecular weight excluding hydrogens is 789 g/mol. The molecule has 2 aliphatic rings. The van der Waals surface area contributed by atoms with Crippen LogP contribution in [0.4, 0.5) is 11.6 Å². The van der Waals surface area contributed by atoms with Gasteiger partial charge in [-0.15, -0.1) is 43.1 Å². The van der Waals surface area contributed by atoms with Crippen molar-refractivity contribution < 1.29 is 14.7 Å². The first-order valence-corrected chi connectivity index (χ1v) is 20.7. The number of nitrogens with one attached hydrogen (secondary N) is 1. The molecule has 2 fully saturated rings. The molecular formula is C40H40N14O3S2. The van der Waals surface area contributed by atoms with Crippen molar-refractivity contribution in [3.63, 3.8) is 0 Å². The second-order valence-corrected chi connectivity index (χ2v) is 16.8. The number of amides is 1. The standard InChI is InChI=1S/C20H19N7OS.C10H13N5.C10H8N2O2S/c1-11(2)27-10-22-26-18(27)13-4-3-5-17(23-13)25-19(28)14-8-16-15(9-21-14)24-20(29-16)12-6-7-12;1-7(2)15-6-12-14-10(15)8-4-3-5-9(11)13-8;13-10(14)6-3-8-7(4-11-6)12-9(15-8)5-1-2-5/h3-5,8-12H,6-7H2,1-2H3,(H,23,25,28);3-7H,1-2H3,(H2,11,13);3-5H,1-2H2,(H,13,14). The van der Waals surface area contributed by atoms with E-state index in [2.05, 4.69) is 69.5 Å². The predicted molar refractivity (Wildman–Crippen MR) is 225 cm³/mol. The summed E-state index contributed by atoms with van der Waals surface area (Å²) in [5.74, 6) is 2.24. The second kappa shape index (κ2) is 16.7. The van der Waals surface area contributed by atoms with Gasteiger partial charge in [0.1, 0.15) is 47.1 Å². The summed E-state index contributed by atoms with van der Waals surface area (Å²) in [6.07, 6.45) is 11.4. The van der Waals surface area contributed by atoms with Gasteiger partial charge < -0.3 is 25.3 Å². The minimum atomic E-state index is -0.988. The zero-order valence-corrected chi connectivity index (χ0v) is 34.2. The van der Waals surface area contributed by atoms with Gasteiger partial charge in [0.25, 0.3) is 5.91 Å². The Kier molecular flexibility index (Phi) is 11.1. The number of pyridine rings is 4. The quantitative estimate of drug-likeness (QED) is 0.126. The number of carboxylic acids is 1. The molecule has 1 amide bonds. The van der Waals surface area contributed by atoms with Crippen LogP contribution in [0.3, 0.4) is 0 Å². The third-order valence-electron chi connectivity index (χ3n) is 9.37. The van der Waals surface area contributed by atoms with E-state index in [0.717, 1.165) is 42.0 Å². The number of carboxylic acid groups (broad SMARTS) is 1. The van der Waals surface area contributed by atoms with E-state index in [-0.39, 0.29) is 17.6 Å². The van der Waals surface area contributed by atoms with E-state index in [0.29, 0.717) is 46.7 Å². The molecule has 8 aromatic rings. The molecule has 10 rings (SSSR count). The number of thiazole rings is 2. The number of anilines is 2. The average molecular weight is 829 g/mol. The van der Waals surface area contributed by atoms with Gasteiger partial charge >= 0.3 is 5.97 Å². The monoisotopic (exact) mass is 828 g/mol. The Labute approximate surface area is 345 Å². The summed E-state index contributed by atoms with van der Waals surface area (Å²) in [5.41, 5.74) is 9.12. The van der Waals surface area contributed by atoms with E-state index >= 15 is 0 Å². The Morgan fingerprint density at radius 1 is 0.729 bits per heavy atom. The molecule has 8 heterocycles. The third-order valence-corrected chi connectivity index (χ3v) is 11.7. The Morgan fingerprint density at radius 3 is 1.75 bits per heavy atom. The normalized spacial score (nSPS) is 13.6. The van der Waals surface area contributed by atoms with Gasteiger partial charge in [0.2, 0.25) is 0 Å². The molecule has 8 aromatic heterocycles. The number of nitrogens with two attached hydrogens (primary N) is 1. The fourth-order valence-corrected chi connectivity index (χ4v) is 8.23. The third kappa shape index (κ3) is 9.10. The highest BCUT2D eigenvalue weighted by Crippen LogP contribution is 2.44. The first-order valence-electron chi connectivity index (χ1n) is 19.1. The zero-order valence-electron chi connectivity index (χ0n) is 32.6. The van der Waals surface area contributed by atoms with E-state index in [1.54, 1.807) is 72.0 Å². The molecule has 2 aliphatic carbocycles. The molecule has 0 aliphatic heterocycles. The summed E-state index contributed by atoms with van der Waals surface area (Å²) in [6, 6.07) is 14.8. The van der Waals surface area contributed by atoms with Gasteiger partial charge in [-0.25, -0.2) is 34.7 Å². The van der Waals surface area contributed by atoms with Crippen LogP contribution < -0.4 is 11.1 Å². The minimum Gasteiger partial charge on any atom is -0.477 e. The SMILES string of the molecule is CC(C)n1cnnc1-c1cccc(N)n1.CC(C)n1cnnc1-c1cccc(NC(=O)c2cc3sc(C4CC4)nc3cn2)n1.O=C(O)c1cc2sc(C3CC3)nc2cn1. The lowest BCUT2D eigenvalue weighted by atomic mass is 10.3. The van der Waals surface area contributed by atoms with Crippen molar-refractivity contribution in [2.45, 2.75) is 77.3 Å². The molecule has 0 aromatic carbocycles. The van der Waals surface area contributed by atoms with Crippen LogP contribution in [0.25, 0.3) is 43.5 Å². The Hall–Kier alpha value is -6.60. The van der Waals surface area contributed by atoms with Crippen molar-refractivity contribution in [2.24, 2.45) is 0 Å². The number of fused-ring (bicyclic) bond motifs is 2. The van der Waals surface area contributed by atoms with E-state index in [9.17, 15) is 9.59 Å². The molecule has 0 bridgehead atoms. The topological polar surface area (TPSA) is 231 Å². The van der Waals surface area contributed by atoms with Gasteiger partial charge in [0, 0.05) is 23.9 Å². The predicted octanol–water partition coefficient (Wildman–Crippen LogP) is 7.83. The molecule has 2 saturated carbocycles. The molecule has 59 heavy (non-hydrogen) atoms. The number of rotatable bonds is 9. The highest BCUT2D eigenvalue weighted by Gasteiger charge is 2.28. The number of hydrogen-bond acceptors (Lipinski definition) is 15. The van der Waals surface area contributed by atoms with E-state index in [1.165, 1.54) is 25.7 Å². The molecule has 19 heteroatoms. The Balaban J connectivity index is 0.000000136. The van der Waals surface area contributed by atoms with Gasteiger partial charge in [-0.05, 0) is 89.8 Å². The molecule has 0 unspecified atom stereocenters. The summed E-state index contributed by atoms with van der Waals surface area (Å²) in [5, 5.41) is 29.9. The van der Waals surface area contributed by atoms with Crippen LogP contribution in [0.1, 0.15) is 108 Å². The summed E-state index contributed by atoms with van der Waals surface area (Å²) in [7, 11) is 0. The maximum atomic E-state index is 12.7. The van der Waals surface area contributed by atoms with Crippen molar-refractivity contribution in [1.29, 1.82) is 0 Å². The van der Waals surface area contributed by atoms with Gasteiger partial charge in [0.05, 0.1) is 42.8 Å². The molecule has 4 N–H and O–H groups in total. The largest absolute Gasteiger partial charge is 0.477 e. The maximum Gasteiger partial charge on any atom is 0.354 e. The molecule has 0 atom stereocenters. The highest BCUT2D eigenvalue weighted by molar-refractivity contribution is 7.19. The number of nitrogen functional groups attached to an aromatic ring is 1. The van der Waals surface area contributed by atoms with Crippen LogP contribution in [0, 0.1) is 0 Å². The van der Waals surface area contributed by atoms with Crippen LogP contribution in [-0.4, -0.2) is 76.4 Å². The summed E-state index contributed by atoms with van der Waals surface area (Å²) >= 11 is 3.23. The Bertz CT molecular complexity index is 2780. The number of aromatic nitrogens is 12. The fourth-order valence-electron chi connectivity index (χ4n) is 5.94. The highest BCUT2D eigenvalue weighted by atomic mass is 32.1. The molecule has 0 spiro atoms. The lowest BCUT2D eigenvalue weighted by molar-refractivity contribution is 0.0690. The van der Waals surface area contributed by atoms with Gasteiger partial charge in [-0.2, -0.15) is 0 Å². The van der Waals surface area contributed by atoms with Gasteiger partial charge in [-0.1, -0.05) is 12.1 Å². The van der Waals surface area contributed by atoms with Crippen LogP contribution in [0.2, 0.25) is 0 Å². The number of hydrogen-bond donors (Lipinski definition) is 3. The molecule has 17 nitrogen and oxygen atoms in total. The molecule has 300 valence electrons. The van der Waals surface area contributed by atoms with Gasteiger partial charge in [-0.3, -0.25) is 4.79 Å². The van der Waals surface area contributed by atoms with Crippen molar-refractivity contribution in [3.8, 4) is 23.0 Å².